The van der Waals surface area contributed by atoms with Gasteiger partial charge in [0.25, 0.3) is 0 Å². The van der Waals surface area contributed by atoms with Crippen LogP contribution in [-0.2, 0) is 0 Å². The van der Waals surface area contributed by atoms with E-state index in [0.29, 0.717) is 16.9 Å². The molecule has 5 nitrogen and oxygen atoms in total. The molecule has 2 aromatic carbocycles. The largest absolute Gasteiger partial charge is 0.504 e. The number of rotatable bonds is 2. The normalized spacial score (nSPS) is 11.3. The van der Waals surface area contributed by atoms with E-state index in [0.717, 1.165) is 27.4 Å². The van der Waals surface area contributed by atoms with Gasteiger partial charge in [-0.1, -0.05) is 0 Å². The number of fused-ring (bicyclic) bond motifs is 4. The van der Waals surface area contributed by atoms with Gasteiger partial charge >= 0.3 is 0 Å². The maximum atomic E-state index is 10.4. The Hall–Kier alpha value is -3.21. The number of ether oxygens (including phenoxy) is 2. The molecule has 0 aliphatic rings. The van der Waals surface area contributed by atoms with Crippen molar-refractivity contribution in [3.63, 3.8) is 0 Å². The van der Waals surface area contributed by atoms with Crippen LogP contribution < -0.4 is 13.9 Å². The van der Waals surface area contributed by atoms with Crippen molar-refractivity contribution in [2.45, 2.75) is 6.92 Å². The predicted molar refractivity (Wildman–Crippen MR) is 95.8 cm³/mol. The van der Waals surface area contributed by atoms with Gasteiger partial charge in [-0.15, -0.1) is 0 Å². The van der Waals surface area contributed by atoms with Crippen LogP contribution in [0.3, 0.4) is 0 Å². The second-order valence-corrected chi connectivity index (χ2v) is 6.05. The van der Waals surface area contributed by atoms with Crippen molar-refractivity contribution in [2.75, 3.05) is 14.2 Å². The first-order valence-electron chi connectivity index (χ1n) is 7.89. The second kappa shape index (κ2) is 5.41. The highest BCUT2D eigenvalue weighted by Gasteiger charge is 2.18. The van der Waals surface area contributed by atoms with Crippen molar-refractivity contribution < 1.29 is 24.1 Å². The molecule has 5 heteroatoms. The summed E-state index contributed by atoms with van der Waals surface area (Å²) in [7, 11) is 3.07. The highest BCUT2D eigenvalue weighted by Crippen LogP contribution is 2.36. The van der Waals surface area contributed by atoms with Gasteiger partial charge in [0.1, 0.15) is 0 Å². The molecule has 4 aromatic rings. The van der Waals surface area contributed by atoms with Gasteiger partial charge in [-0.05, 0) is 35.0 Å². The smallest absolute Gasteiger partial charge is 0.219 e. The first-order chi connectivity index (χ1) is 12.0. The molecule has 25 heavy (non-hydrogen) atoms. The summed E-state index contributed by atoms with van der Waals surface area (Å²) in [6.07, 6.45) is 1.89. The van der Waals surface area contributed by atoms with Crippen LogP contribution in [0.1, 0.15) is 5.69 Å². The van der Waals surface area contributed by atoms with Crippen molar-refractivity contribution >= 4 is 27.1 Å². The zero-order valence-corrected chi connectivity index (χ0v) is 14.2. The van der Waals surface area contributed by atoms with E-state index < -0.39 is 0 Å². The summed E-state index contributed by atoms with van der Waals surface area (Å²) in [5.41, 5.74) is 1.93. The maximum Gasteiger partial charge on any atom is 0.219 e. The summed E-state index contributed by atoms with van der Waals surface area (Å²) in [5.74, 6) is 1.09. The Morgan fingerprint density at radius 3 is 2.32 bits per heavy atom. The average Bonchev–Trinajstić information content (AvgIpc) is 2.61. The van der Waals surface area contributed by atoms with E-state index in [2.05, 4.69) is 0 Å². The molecule has 2 aromatic heterocycles. The molecule has 0 saturated carbocycles. The minimum atomic E-state index is 0.0958. The molecule has 126 valence electrons. The predicted octanol–water partition coefficient (Wildman–Crippen LogP) is 3.47. The number of hydrogen-bond acceptors (Lipinski definition) is 4. The summed E-state index contributed by atoms with van der Waals surface area (Å²) in [6.45, 7) is 1.99. The number of phenols is 2. The molecule has 0 unspecified atom stereocenters. The van der Waals surface area contributed by atoms with Gasteiger partial charge < -0.3 is 19.7 Å². The van der Waals surface area contributed by atoms with Gasteiger partial charge in [0.15, 0.2) is 34.9 Å². The van der Waals surface area contributed by atoms with E-state index in [-0.39, 0.29) is 11.5 Å². The van der Waals surface area contributed by atoms with Gasteiger partial charge in [0.2, 0.25) is 5.52 Å². The molecule has 0 spiro atoms. The average molecular weight is 336 g/mol. The Morgan fingerprint density at radius 2 is 1.60 bits per heavy atom. The molecular formula is C20H18NO4+. The van der Waals surface area contributed by atoms with Crippen LogP contribution in [0.15, 0.2) is 42.6 Å². The molecule has 0 saturated heterocycles. The van der Waals surface area contributed by atoms with Gasteiger partial charge in [-0.3, -0.25) is 0 Å². The lowest BCUT2D eigenvalue weighted by atomic mass is 10.0. The zero-order valence-electron chi connectivity index (χ0n) is 14.2. The summed E-state index contributed by atoms with van der Waals surface area (Å²) in [4.78, 5) is 0. The Labute approximate surface area is 144 Å². The SMILES string of the molecule is COc1cc2cc(C)[n+]3cc4c(O)c(OC)ccc4cc3c2cc1O. The van der Waals surface area contributed by atoms with E-state index in [1.807, 2.05) is 41.8 Å². The lowest BCUT2D eigenvalue weighted by Crippen LogP contribution is -2.25. The molecule has 2 heterocycles. The quantitative estimate of drug-likeness (QED) is 0.334. The fourth-order valence-electron chi connectivity index (χ4n) is 3.33. The number of aromatic nitrogens is 1. The standard InChI is InChI=1S/C20H17NO4/c1-11-6-13-8-19(25-3)17(22)9-14(13)16-7-12-4-5-18(24-2)20(23)15(12)10-21(11)16/h4-10,22H,1-3H3/p+1. The van der Waals surface area contributed by atoms with E-state index in [1.54, 1.807) is 12.1 Å². The lowest BCUT2D eigenvalue weighted by molar-refractivity contribution is -0.516. The van der Waals surface area contributed by atoms with Gasteiger partial charge in [-0.2, -0.15) is 4.40 Å². The Kier molecular flexibility index (Phi) is 3.32. The molecule has 0 aliphatic heterocycles. The summed E-state index contributed by atoms with van der Waals surface area (Å²) in [5, 5.41) is 24.1. The van der Waals surface area contributed by atoms with Crippen LogP contribution in [0.25, 0.3) is 27.1 Å². The van der Waals surface area contributed by atoms with Gasteiger partial charge in [-0.25, -0.2) is 0 Å². The van der Waals surface area contributed by atoms with Gasteiger partial charge in [0, 0.05) is 19.1 Å². The number of phenolic OH excluding ortho intramolecular Hbond substituents is 2. The highest BCUT2D eigenvalue weighted by atomic mass is 16.5. The molecule has 0 bridgehead atoms. The van der Waals surface area contributed by atoms with E-state index in [9.17, 15) is 10.2 Å². The topological polar surface area (TPSA) is 63.0 Å². The van der Waals surface area contributed by atoms with Crippen molar-refractivity contribution in [3.8, 4) is 23.0 Å². The van der Waals surface area contributed by atoms with E-state index in [4.69, 9.17) is 9.47 Å². The minimum Gasteiger partial charge on any atom is -0.504 e. The Balaban J connectivity index is 2.16. The zero-order chi connectivity index (χ0) is 17.7. The first-order valence-corrected chi connectivity index (χ1v) is 7.89. The molecule has 0 fully saturated rings. The third-order valence-corrected chi connectivity index (χ3v) is 4.62. The number of methoxy groups -OCH3 is 2. The fourth-order valence-corrected chi connectivity index (χ4v) is 3.33. The van der Waals surface area contributed by atoms with Crippen LogP contribution in [0, 0.1) is 6.92 Å². The third-order valence-electron chi connectivity index (χ3n) is 4.62. The Morgan fingerprint density at radius 1 is 0.840 bits per heavy atom. The fraction of sp³-hybridized carbons (Fsp3) is 0.150. The van der Waals surface area contributed by atoms with Crippen molar-refractivity contribution in [1.82, 2.24) is 0 Å². The first kappa shape index (κ1) is 15.3. The molecular weight excluding hydrogens is 318 g/mol. The molecule has 0 aliphatic carbocycles. The maximum absolute atomic E-state index is 10.4. The number of benzene rings is 2. The number of hydrogen-bond donors (Lipinski definition) is 2. The number of aryl methyl sites for hydroxylation is 1. The summed E-state index contributed by atoms with van der Waals surface area (Å²) >= 11 is 0. The molecule has 0 radical (unpaired) electrons. The second-order valence-electron chi connectivity index (χ2n) is 6.05. The van der Waals surface area contributed by atoms with E-state index in [1.165, 1.54) is 14.2 Å². The van der Waals surface area contributed by atoms with Crippen LogP contribution >= 0.6 is 0 Å². The van der Waals surface area contributed by atoms with Crippen LogP contribution in [0.4, 0.5) is 0 Å². The van der Waals surface area contributed by atoms with E-state index >= 15 is 0 Å². The van der Waals surface area contributed by atoms with Crippen molar-refractivity contribution in [3.05, 3.63) is 48.3 Å². The molecule has 4 rings (SSSR count). The lowest BCUT2D eigenvalue weighted by Gasteiger charge is -2.09. The highest BCUT2D eigenvalue weighted by molar-refractivity contribution is 6.00. The third kappa shape index (κ3) is 2.20. The van der Waals surface area contributed by atoms with Crippen LogP contribution in [-0.4, -0.2) is 24.4 Å². The van der Waals surface area contributed by atoms with Crippen LogP contribution in [0.5, 0.6) is 23.0 Å². The monoisotopic (exact) mass is 336 g/mol. The number of aromatic hydroxyl groups is 2. The molecule has 0 atom stereocenters. The van der Waals surface area contributed by atoms with Crippen LogP contribution in [0.2, 0.25) is 0 Å². The number of nitrogens with zero attached hydrogens (tertiary/aromatic N) is 1. The minimum absolute atomic E-state index is 0.0958. The Bertz CT molecular complexity index is 1150. The summed E-state index contributed by atoms with van der Waals surface area (Å²) in [6, 6.07) is 11.2. The molecule has 0 amide bonds. The number of pyridine rings is 2. The van der Waals surface area contributed by atoms with Crippen molar-refractivity contribution in [1.29, 1.82) is 0 Å². The van der Waals surface area contributed by atoms with Crippen molar-refractivity contribution in [2.24, 2.45) is 0 Å². The summed E-state index contributed by atoms with van der Waals surface area (Å²) < 4.78 is 12.4. The van der Waals surface area contributed by atoms with Gasteiger partial charge in [0.05, 0.1) is 25.0 Å². The molecule has 2 N–H and O–H groups in total.